The summed E-state index contributed by atoms with van der Waals surface area (Å²) >= 11 is 0. The van der Waals surface area contributed by atoms with Gasteiger partial charge in [0.05, 0.1) is 22.6 Å². The lowest BCUT2D eigenvalue weighted by Crippen LogP contribution is -2.41. The molecule has 2 saturated heterocycles. The van der Waals surface area contributed by atoms with Gasteiger partial charge in [-0.15, -0.1) is 5.10 Å². The van der Waals surface area contributed by atoms with Crippen molar-refractivity contribution in [2.24, 2.45) is 0 Å². The number of carbonyl (C=O) groups is 1. The zero-order chi connectivity index (χ0) is 31.6. The van der Waals surface area contributed by atoms with Crippen molar-refractivity contribution in [3.63, 3.8) is 0 Å². The number of anilines is 2. The van der Waals surface area contributed by atoms with Gasteiger partial charge in [-0.3, -0.25) is 13.9 Å². The molecule has 0 bridgehead atoms. The van der Waals surface area contributed by atoms with E-state index in [0.717, 1.165) is 38.8 Å². The minimum absolute atomic E-state index is 0.00128. The second-order valence-electron chi connectivity index (χ2n) is 11.9. The quantitative estimate of drug-likeness (QED) is 0.372. The molecule has 0 saturated carbocycles. The number of nitrogens with one attached hydrogen (secondary N) is 2. The van der Waals surface area contributed by atoms with Crippen molar-refractivity contribution >= 4 is 39.4 Å². The van der Waals surface area contributed by atoms with E-state index in [2.05, 4.69) is 42.7 Å². The zero-order valence-corrected chi connectivity index (χ0v) is 26.1. The number of hydrogen-bond donors (Lipinski definition) is 2. The van der Waals surface area contributed by atoms with Crippen LogP contribution in [0.4, 0.5) is 24.8 Å². The first-order valence-electron chi connectivity index (χ1n) is 15.5. The van der Waals surface area contributed by atoms with Crippen LogP contribution in [-0.4, -0.2) is 90.2 Å². The van der Waals surface area contributed by atoms with Gasteiger partial charge in [0, 0.05) is 45.8 Å². The van der Waals surface area contributed by atoms with Crippen molar-refractivity contribution in [2.75, 3.05) is 55.2 Å². The lowest BCUT2D eigenvalue weighted by molar-refractivity contribution is -0.144. The predicted molar refractivity (Wildman–Crippen MR) is 165 cm³/mol. The number of rotatable bonds is 8. The fourth-order valence-corrected chi connectivity index (χ4v) is 7.34. The fraction of sp³-hybridized carbons (Fsp3) is 0.600. The summed E-state index contributed by atoms with van der Waals surface area (Å²) in [5.41, 5.74) is 2.92. The van der Waals surface area contributed by atoms with E-state index in [9.17, 15) is 22.2 Å². The monoisotopic (exact) mass is 648 g/mol. The first kappa shape index (κ1) is 31.7. The Kier molecular flexibility index (Phi) is 9.57. The van der Waals surface area contributed by atoms with Crippen molar-refractivity contribution in [3.8, 4) is 0 Å². The molecule has 2 aromatic heterocycles. The molecule has 3 aromatic rings. The third-order valence-corrected chi connectivity index (χ3v) is 9.87. The summed E-state index contributed by atoms with van der Waals surface area (Å²) in [5.74, 6) is -0.847. The second-order valence-corrected chi connectivity index (χ2v) is 13.3. The number of amides is 1. The van der Waals surface area contributed by atoms with Crippen molar-refractivity contribution in [1.29, 1.82) is 0 Å². The normalized spacial score (nSPS) is 20.9. The van der Waals surface area contributed by atoms with Gasteiger partial charge in [0.1, 0.15) is 11.0 Å². The molecular weight excluding hydrogens is 609 g/mol. The largest absolute Gasteiger partial charge is 0.451 e. The van der Waals surface area contributed by atoms with Gasteiger partial charge in [-0.05, 0) is 56.1 Å². The number of halogens is 3. The summed E-state index contributed by atoms with van der Waals surface area (Å²) in [7, 11) is -1.35. The predicted octanol–water partition coefficient (Wildman–Crippen LogP) is 4.14. The van der Waals surface area contributed by atoms with E-state index in [1.165, 1.54) is 18.1 Å². The van der Waals surface area contributed by atoms with E-state index >= 15 is 0 Å². The Balaban J connectivity index is 1.25. The molecule has 6 rings (SSSR count). The minimum Gasteiger partial charge on any atom is -0.365 e. The highest BCUT2D eigenvalue weighted by molar-refractivity contribution is 7.85. The number of aromatic nitrogens is 4. The van der Waals surface area contributed by atoms with Crippen LogP contribution in [0.25, 0.3) is 11.0 Å². The van der Waals surface area contributed by atoms with Crippen molar-refractivity contribution < 1.29 is 26.9 Å². The molecule has 5 heterocycles. The molecule has 45 heavy (non-hydrogen) atoms. The van der Waals surface area contributed by atoms with Crippen LogP contribution in [-0.2, 0) is 39.3 Å². The number of likely N-dealkylation sites (tertiary alicyclic amines) is 1. The topological polar surface area (TPSA) is 118 Å². The molecule has 1 unspecified atom stereocenters. The highest BCUT2D eigenvalue weighted by Gasteiger charge is 2.38. The van der Waals surface area contributed by atoms with Gasteiger partial charge in [0.25, 0.3) is 0 Å². The second kappa shape index (κ2) is 13.6. The van der Waals surface area contributed by atoms with Gasteiger partial charge in [-0.25, -0.2) is 14.6 Å². The average Bonchev–Trinajstić information content (AvgIpc) is 3.28. The SMILES string of the molecule is CC(=O)N1CCC(Nc2nc(C(F)(F)F)nc3c(NC[S@](=O)CN4CCc5ccccc5CC4)nn(C4CCCCO4)c23)CC1. The molecule has 2 fully saturated rings. The Morgan fingerprint density at radius 2 is 1.73 bits per heavy atom. The number of piperidine rings is 1. The molecule has 11 nitrogen and oxygen atoms in total. The first-order chi connectivity index (χ1) is 21.7. The molecule has 1 aromatic carbocycles. The maximum Gasteiger partial charge on any atom is 0.451 e. The summed E-state index contributed by atoms with van der Waals surface area (Å²) in [4.78, 5) is 23.6. The molecular formula is C30H39F3N8O3S. The van der Waals surface area contributed by atoms with Crippen LogP contribution < -0.4 is 10.6 Å². The van der Waals surface area contributed by atoms with E-state index in [-0.39, 0.29) is 35.0 Å². The third kappa shape index (κ3) is 7.41. The third-order valence-electron chi connectivity index (χ3n) is 8.75. The highest BCUT2D eigenvalue weighted by atomic mass is 32.2. The van der Waals surface area contributed by atoms with Gasteiger partial charge >= 0.3 is 6.18 Å². The first-order valence-corrected chi connectivity index (χ1v) is 17.0. The standard InChI is InChI=1S/C30H39F3N8O3S/c1-20(42)40-15-11-23(12-16-40)35-28-26-25(36-29(37-28)30(31,32)33)27(38-41(26)24-8-4-5-17-44-24)34-18-45(43)19-39-13-9-21-6-2-3-7-22(21)10-14-39/h2-3,6-7,23-24H,4-5,8-19H2,1H3,(H,34,38)(H,35,36,37)/t24?,45-/m0/s1. The van der Waals surface area contributed by atoms with E-state index in [1.807, 2.05) is 12.1 Å². The molecule has 0 aliphatic carbocycles. The van der Waals surface area contributed by atoms with E-state index in [1.54, 1.807) is 9.58 Å². The maximum absolute atomic E-state index is 14.1. The Morgan fingerprint density at radius 1 is 1.02 bits per heavy atom. The average molecular weight is 649 g/mol. The molecule has 3 aliphatic rings. The molecule has 0 radical (unpaired) electrons. The van der Waals surface area contributed by atoms with Crippen molar-refractivity contribution in [1.82, 2.24) is 29.5 Å². The molecule has 3 aliphatic heterocycles. The van der Waals surface area contributed by atoms with Gasteiger partial charge in [0.15, 0.2) is 17.9 Å². The summed E-state index contributed by atoms with van der Waals surface area (Å²) in [6, 6.07) is 8.13. The van der Waals surface area contributed by atoms with Gasteiger partial charge in [-0.2, -0.15) is 13.2 Å². The van der Waals surface area contributed by atoms with Crippen molar-refractivity contribution in [3.05, 3.63) is 41.2 Å². The zero-order valence-electron chi connectivity index (χ0n) is 25.3. The molecule has 0 spiro atoms. The number of hydrogen-bond acceptors (Lipinski definition) is 9. The number of alkyl halides is 3. The Hall–Kier alpha value is -3.30. The Morgan fingerprint density at radius 3 is 2.36 bits per heavy atom. The van der Waals surface area contributed by atoms with E-state index in [4.69, 9.17) is 4.74 Å². The fourth-order valence-electron chi connectivity index (χ4n) is 6.29. The number of benzene rings is 1. The highest BCUT2D eigenvalue weighted by Crippen LogP contribution is 2.37. The van der Waals surface area contributed by atoms with Crippen LogP contribution in [0.3, 0.4) is 0 Å². The Labute approximate surface area is 262 Å². The minimum atomic E-state index is -4.80. The maximum atomic E-state index is 14.1. The smallest absolute Gasteiger partial charge is 0.365 e. The van der Waals surface area contributed by atoms with Gasteiger partial charge in [0.2, 0.25) is 11.7 Å². The van der Waals surface area contributed by atoms with Crippen molar-refractivity contribution in [2.45, 2.75) is 70.3 Å². The molecule has 2 atom stereocenters. The molecule has 244 valence electrons. The molecule has 2 N–H and O–H groups in total. The van der Waals surface area contributed by atoms with Crippen LogP contribution in [0.1, 0.15) is 62.2 Å². The van der Waals surface area contributed by atoms with Crippen LogP contribution in [0.15, 0.2) is 24.3 Å². The number of fused-ring (bicyclic) bond motifs is 2. The van der Waals surface area contributed by atoms with E-state index < -0.39 is 29.0 Å². The summed E-state index contributed by atoms with van der Waals surface area (Å²) < 4.78 is 63.1. The summed E-state index contributed by atoms with van der Waals surface area (Å²) in [6.45, 7) is 4.57. The number of nitrogens with zero attached hydrogens (tertiary/aromatic N) is 6. The summed E-state index contributed by atoms with van der Waals surface area (Å²) in [5, 5.41) is 10.9. The summed E-state index contributed by atoms with van der Waals surface area (Å²) in [6.07, 6.45) is -0.0226. The molecule has 15 heteroatoms. The van der Waals surface area contributed by atoms with Crippen LogP contribution in [0, 0.1) is 0 Å². The van der Waals surface area contributed by atoms with Crippen LogP contribution in [0.5, 0.6) is 0 Å². The Bertz CT molecular complexity index is 1510. The van der Waals surface area contributed by atoms with Gasteiger partial charge < -0.3 is 20.3 Å². The van der Waals surface area contributed by atoms with Gasteiger partial charge in [-0.1, -0.05) is 24.3 Å². The lowest BCUT2D eigenvalue weighted by Gasteiger charge is -2.32. The van der Waals surface area contributed by atoms with Crippen LogP contribution >= 0.6 is 0 Å². The van der Waals surface area contributed by atoms with Crippen LogP contribution in [0.2, 0.25) is 0 Å². The molecule has 1 amide bonds. The van der Waals surface area contributed by atoms with E-state index in [0.29, 0.717) is 50.4 Å². The number of ether oxygens (including phenoxy) is 1. The lowest BCUT2D eigenvalue weighted by atomic mass is 10.0. The number of carbonyl (C=O) groups excluding carboxylic acids is 1.